The standard InChI is InChI=1S/C20H22O3/c1-12(21)23-19-7-6-18-17-11-13-10-14(22-3)4-5-15(13)16(17)8-9-20(18,19)2/h4-6,10,19H,7-9,11H2,1-3H3/t19-,20-/m1/s1. The Balaban J connectivity index is 1.70. The fraction of sp³-hybridized carbons (Fsp3) is 0.450. The number of hydrogen-bond donors (Lipinski definition) is 0. The minimum absolute atomic E-state index is 0.0118. The molecule has 1 aromatic carbocycles. The third-order valence-electron chi connectivity index (χ3n) is 5.76. The zero-order chi connectivity index (χ0) is 16.2. The summed E-state index contributed by atoms with van der Waals surface area (Å²) in [5.41, 5.74) is 7.04. The smallest absolute Gasteiger partial charge is 0.302 e. The number of methoxy groups -OCH3 is 1. The zero-order valence-corrected chi connectivity index (χ0v) is 13.9. The first-order valence-corrected chi connectivity index (χ1v) is 8.30. The molecule has 0 saturated heterocycles. The number of carbonyl (C=O) groups excluding carboxylic acids is 1. The first-order chi connectivity index (χ1) is 11.0. The number of rotatable bonds is 2. The number of benzene rings is 1. The van der Waals surface area contributed by atoms with E-state index in [1.165, 1.54) is 34.8 Å². The van der Waals surface area contributed by atoms with E-state index >= 15 is 0 Å². The highest BCUT2D eigenvalue weighted by Gasteiger charge is 2.48. The third-order valence-corrected chi connectivity index (χ3v) is 5.76. The number of carbonyl (C=O) groups is 1. The third kappa shape index (κ3) is 2.06. The van der Waals surface area contributed by atoms with Crippen molar-refractivity contribution in [2.45, 2.75) is 45.6 Å². The number of hydrogen-bond acceptors (Lipinski definition) is 3. The number of fused-ring (bicyclic) bond motifs is 4. The first-order valence-electron chi connectivity index (χ1n) is 8.30. The van der Waals surface area contributed by atoms with E-state index in [4.69, 9.17) is 9.47 Å². The Labute approximate surface area is 137 Å². The Morgan fingerprint density at radius 2 is 2.13 bits per heavy atom. The van der Waals surface area contributed by atoms with Crippen LogP contribution in [0.5, 0.6) is 5.75 Å². The Morgan fingerprint density at radius 1 is 1.30 bits per heavy atom. The van der Waals surface area contributed by atoms with Crippen LogP contribution < -0.4 is 4.74 Å². The first kappa shape index (κ1) is 14.6. The van der Waals surface area contributed by atoms with Gasteiger partial charge in [-0.1, -0.05) is 19.1 Å². The van der Waals surface area contributed by atoms with Crippen LogP contribution in [0, 0.1) is 5.41 Å². The Hall–Kier alpha value is -2.03. The molecule has 2 atom stereocenters. The summed E-state index contributed by atoms with van der Waals surface area (Å²) in [5, 5.41) is 0. The SMILES string of the molecule is COc1ccc2c(c1)CC1=C2CC[C@]2(C)C1=CC[C@H]2OC(C)=O. The Kier molecular flexibility index (Phi) is 3.15. The number of ether oxygens (including phenoxy) is 2. The lowest BCUT2D eigenvalue weighted by atomic mass is 9.69. The predicted octanol–water partition coefficient (Wildman–Crippen LogP) is 4.07. The summed E-state index contributed by atoms with van der Waals surface area (Å²) < 4.78 is 11.0. The van der Waals surface area contributed by atoms with Crippen LogP contribution in [0.1, 0.15) is 44.2 Å². The maximum absolute atomic E-state index is 11.4. The lowest BCUT2D eigenvalue weighted by Gasteiger charge is -2.38. The molecule has 120 valence electrons. The molecular weight excluding hydrogens is 288 g/mol. The second kappa shape index (κ2) is 4.98. The van der Waals surface area contributed by atoms with Gasteiger partial charge < -0.3 is 9.47 Å². The van der Waals surface area contributed by atoms with E-state index < -0.39 is 0 Å². The number of esters is 1. The summed E-state index contributed by atoms with van der Waals surface area (Å²) in [6.07, 6.45) is 6.19. The molecule has 1 aromatic rings. The molecule has 3 aliphatic carbocycles. The largest absolute Gasteiger partial charge is 0.497 e. The lowest BCUT2D eigenvalue weighted by molar-refractivity contribution is -0.150. The molecule has 0 saturated carbocycles. The van der Waals surface area contributed by atoms with Crippen molar-refractivity contribution in [1.82, 2.24) is 0 Å². The molecule has 0 heterocycles. The van der Waals surface area contributed by atoms with Gasteiger partial charge in [-0.15, -0.1) is 0 Å². The lowest BCUT2D eigenvalue weighted by Crippen LogP contribution is -2.35. The highest BCUT2D eigenvalue weighted by molar-refractivity contribution is 5.82. The van der Waals surface area contributed by atoms with Crippen molar-refractivity contribution in [3.05, 3.63) is 46.5 Å². The van der Waals surface area contributed by atoms with E-state index in [2.05, 4.69) is 25.1 Å². The van der Waals surface area contributed by atoms with E-state index in [-0.39, 0.29) is 17.5 Å². The fourth-order valence-electron chi connectivity index (χ4n) is 4.56. The molecule has 0 aliphatic heterocycles. The minimum atomic E-state index is -0.176. The van der Waals surface area contributed by atoms with Gasteiger partial charge >= 0.3 is 5.97 Å². The molecule has 0 spiro atoms. The molecule has 0 aromatic heterocycles. The molecule has 4 rings (SSSR count). The van der Waals surface area contributed by atoms with Crippen LogP contribution in [0.4, 0.5) is 0 Å². The van der Waals surface area contributed by atoms with E-state index in [0.29, 0.717) is 0 Å². The summed E-state index contributed by atoms with van der Waals surface area (Å²) in [5.74, 6) is 0.745. The molecule has 0 fully saturated rings. The fourth-order valence-corrected chi connectivity index (χ4v) is 4.56. The van der Waals surface area contributed by atoms with Crippen LogP contribution in [0.3, 0.4) is 0 Å². The molecule has 0 bridgehead atoms. The molecule has 0 amide bonds. The molecule has 0 N–H and O–H groups in total. The average Bonchev–Trinajstić information content (AvgIpc) is 3.04. The second-order valence-corrected chi connectivity index (χ2v) is 7.03. The van der Waals surface area contributed by atoms with Crippen molar-refractivity contribution in [2.24, 2.45) is 5.41 Å². The van der Waals surface area contributed by atoms with Crippen molar-refractivity contribution >= 4 is 11.5 Å². The molecule has 0 radical (unpaired) electrons. The van der Waals surface area contributed by atoms with Crippen molar-refractivity contribution in [3.63, 3.8) is 0 Å². The molecular formula is C20H22O3. The topological polar surface area (TPSA) is 35.5 Å². The minimum Gasteiger partial charge on any atom is -0.497 e. The van der Waals surface area contributed by atoms with E-state index in [0.717, 1.165) is 31.4 Å². The second-order valence-electron chi connectivity index (χ2n) is 7.03. The molecule has 3 heteroatoms. The average molecular weight is 310 g/mol. The van der Waals surface area contributed by atoms with Gasteiger partial charge in [0.05, 0.1) is 7.11 Å². The quantitative estimate of drug-likeness (QED) is 0.773. The van der Waals surface area contributed by atoms with Crippen molar-refractivity contribution in [1.29, 1.82) is 0 Å². The zero-order valence-electron chi connectivity index (χ0n) is 13.9. The normalized spacial score (nSPS) is 28.0. The summed E-state index contributed by atoms with van der Waals surface area (Å²) in [6, 6.07) is 6.40. The van der Waals surface area contributed by atoms with E-state index in [1.807, 2.05) is 6.07 Å². The van der Waals surface area contributed by atoms with Crippen LogP contribution >= 0.6 is 0 Å². The Morgan fingerprint density at radius 3 is 2.87 bits per heavy atom. The van der Waals surface area contributed by atoms with Gasteiger partial charge in [0.25, 0.3) is 0 Å². The van der Waals surface area contributed by atoms with E-state index in [1.54, 1.807) is 7.11 Å². The van der Waals surface area contributed by atoms with Crippen molar-refractivity contribution < 1.29 is 14.3 Å². The maximum atomic E-state index is 11.4. The van der Waals surface area contributed by atoms with Crippen LogP contribution in [0.25, 0.3) is 5.57 Å². The highest BCUT2D eigenvalue weighted by atomic mass is 16.5. The van der Waals surface area contributed by atoms with Gasteiger partial charge in [0, 0.05) is 18.8 Å². The van der Waals surface area contributed by atoms with Crippen LogP contribution in [-0.4, -0.2) is 19.2 Å². The van der Waals surface area contributed by atoms with Crippen LogP contribution in [0.2, 0.25) is 0 Å². The van der Waals surface area contributed by atoms with Gasteiger partial charge in [-0.05, 0) is 59.2 Å². The Bertz CT molecular complexity index is 756. The monoisotopic (exact) mass is 310 g/mol. The maximum Gasteiger partial charge on any atom is 0.302 e. The molecule has 0 unspecified atom stereocenters. The van der Waals surface area contributed by atoms with Gasteiger partial charge in [0.2, 0.25) is 0 Å². The van der Waals surface area contributed by atoms with Gasteiger partial charge in [-0.25, -0.2) is 0 Å². The summed E-state index contributed by atoms with van der Waals surface area (Å²) in [7, 11) is 1.71. The summed E-state index contributed by atoms with van der Waals surface area (Å²) >= 11 is 0. The van der Waals surface area contributed by atoms with Gasteiger partial charge in [0.1, 0.15) is 11.9 Å². The van der Waals surface area contributed by atoms with Gasteiger partial charge in [-0.3, -0.25) is 4.79 Å². The summed E-state index contributed by atoms with van der Waals surface area (Å²) in [4.78, 5) is 11.4. The molecule has 23 heavy (non-hydrogen) atoms. The van der Waals surface area contributed by atoms with Crippen LogP contribution in [0.15, 0.2) is 35.4 Å². The van der Waals surface area contributed by atoms with Crippen molar-refractivity contribution in [2.75, 3.05) is 7.11 Å². The molecule has 3 aliphatic rings. The number of allylic oxidation sites excluding steroid dienone is 2. The highest BCUT2D eigenvalue weighted by Crippen LogP contribution is 2.56. The summed E-state index contributed by atoms with van der Waals surface area (Å²) in [6.45, 7) is 3.76. The predicted molar refractivity (Wildman–Crippen MR) is 89.2 cm³/mol. The van der Waals surface area contributed by atoms with Gasteiger partial charge in [-0.2, -0.15) is 0 Å². The van der Waals surface area contributed by atoms with Gasteiger partial charge in [0.15, 0.2) is 0 Å². The van der Waals surface area contributed by atoms with Crippen molar-refractivity contribution in [3.8, 4) is 5.75 Å². The van der Waals surface area contributed by atoms with E-state index in [9.17, 15) is 4.79 Å². The molecule has 3 nitrogen and oxygen atoms in total. The van der Waals surface area contributed by atoms with Crippen LogP contribution in [-0.2, 0) is 16.0 Å².